The largest absolute Gasteiger partial charge is 0.394 e. The SMILES string of the molecule is CCNc1cc(SCC(O)CO)nc(C2CC2)n1. The van der Waals surface area contributed by atoms with E-state index in [1.165, 1.54) is 24.6 Å². The van der Waals surface area contributed by atoms with Crippen LogP contribution in [0.5, 0.6) is 0 Å². The van der Waals surface area contributed by atoms with E-state index in [1.54, 1.807) is 0 Å². The summed E-state index contributed by atoms with van der Waals surface area (Å²) in [6, 6.07) is 1.89. The van der Waals surface area contributed by atoms with Crippen LogP contribution in [0.25, 0.3) is 0 Å². The van der Waals surface area contributed by atoms with Crippen LogP contribution in [-0.4, -0.2) is 45.2 Å². The number of aromatic nitrogens is 2. The molecule has 5 nitrogen and oxygen atoms in total. The molecule has 0 amide bonds. The van der Waals surface area contributed by atoms with Crippen molar-refractivity contribution in [2.45, 2.75) is 36.8 Å². The molecule has 1 saturated carbocycles. The Bertz CT molecular complexity index is 399. The number of aliphatic hydroxyl groups is 2. The van der Waals surface area contributed by atoms with E-state index in [0.717, 1.165) is 23.2 Å². The molecule has 0 saturated heterocycles. The lowest BCUT2D eigenvalue weighted by Crippen LogP contribution is -2.15. The van der Waals surface area contributed by atoms with Crippen LogP contribution < -0.4 is 5.32 Å². The molecule has 0 radical (unpaired) electrons. The topological polar surface area (TPSA) is 78.3 Å². The van der Waals surface area contributed by atoms with E-state index in [1.807, 2.05) is 13.0 Å². The first kappa shape index (κ1) is 13.6. The van der Waals surface area contributed by atoms with Crippen LogP contribution in [0.1, 0.15) is 31.5 Å². The average Bonchev–Trinajstić information content (AvgIpc) is 3.20. The highest BCUT2D eigenvalue weighted by atomic mass is 32.2. The Balaban J connectivity index is 2.07. The van der Waals surface area contributed by atoms with Gasteiger partial charge < -0.3 is 15.5 Å². The Morgan fingerprint density at radius 1 is 1.50 bits per heavy atom. The maximum atomic E-state index is 9.35. The lowest BCUT2D eigenvalue weighted by Gasteiger charge is -2.09. The smallest absolute Gasteiger partial charge is 0.135 e. The minimum Gasteiger partial charge on any atom is -0.394 e. The van der Waals surface area contributed by atoms with Gasteiger partial charge in [0.25, 0.3) is 0 Å². The molecule has 6 heteroatoms. The Kier molecular flexibility index (Phi) is 4.79. The molecule has 0 spiro atoms. The maximum absolute atomic E-state index is 9.35. The fourth-order valence-corrected chi connectivity index (χ4v) is 2.37. The molecule has 1 aromatic rings. The lowest BCUT2D eigenvalue weighted by molar-refractivity contribution is 0.113. The zero-order valence-electron chi connectivity index (χ0n) is 10.5. The van der Waals surface area contributed by atoms with Gasteiger partial charge in [-0.25, -0.2) is 9.97 Å². The fourth-order valence-electron chi connectivity index (χ4n) is 1.55. The Hall–Kier alpha value is -0.850. The predicted octanol–water partition coefficient (Wildman–Crippen LogP) is 1.23. The van der Waals surface area contributed by atoms with Gasteiger partial charge in [0, 0.05) is 24.3 Å². The molecule has 1 aromatic heterocycles. The summed E-state index contributed by atoms with van der Waals surface area (Å²) in [5.74, 6) is 2.69. The molecule has 0 bridgehead atoms. The van der Waals surface area contributed by atoms with Gasteiger partial charge in [-0.05, 0) is 19.8 Å². The van der Waals surface area contributed by atoms with E-state index in [0.29, 0.717) is 11.7 Å². The van der Waals surface area contributed by atoms with E-state index in [9.17, 15) is 5.11 Å². The molecule has 1 unspecified atom stereocenters. The van der Waals surface area contributed by atoms with E-state index >= 15 is 0 Å². The minimum absolute atomic E-state index is 0.215. The Labute approximate surface area is 111 Å². The number of hydrogen-bond donors (Lipinski definition) is 3. The van der Waals surface area contributed by atoms with Crippen LogP contribution in [0, 0.1) is 0 Å². The summed E-state index contributed by atoms with van der Waals surface area (Å²) in [5, 5.41) is 22.2. The van der Waals surface area contributed by atoms with Crippen molar-refractivity contribution in [1.29, 1.82) is 0 Å². The fraction of sp³-hybridized carbons (Fsp3) is 0.667. The van der Waals surface area contributed by atoms with Crippen molar-refractivity contribution < 1.29 is 10.2 Å². The number of anilines is 1. The molecule has 0 aliphatic heterocycles. The number of nitrogens with one attached hydrogen (secondary N) is 1. The van der Waals surface area contributed by atoms with Gasteiger partial charge in [-0.15, -0.1) is 11.8 Å². The molecule has 1 fully saturated rings. The number of aliphatic hydroxyl groups excluding tert-OH is 2. The molecule has 0 aromatic carbocycles. The Morgan fingerprint density at radius 3 is 2.89 bits per heavy atom. The molecule has 2 rings (SSSR count). The molecule has 1 aliphatic rings. The Morgan fingerprint density at radius 2 is 2.28 bits per heavy atom. The van der Waals surface area contributed by atoms with Gasteiger partial charge in [0.15, 0.2) is 0 Å². The molecular formula is C12H19N3O2S. The summed E-state index contributed by atoms with van der Waals surface area (Å²) in [5.41, 5.74) is 0. The number of hydrogen-bond acceptors (Lipinski definition) is 6. The van der Waals surface area contributed by atoms with Gasteiger partial charge >= 0.3 is 0 Å². The molecule has 18 heavy (non-hydrogen) atoms. The summed E-state index contributed by atoms with van der Waals surface area (Å²) in [6.07, 6.45) is 1.63. The molecule has 1 heterocycles. The van der Waals surface area contributed by atoms with Gasteiger partial charge in [0.05, 0.1) is 12.7 Å². The molecule has 100 valence electrons. The van der Waals surface area contributed by atoms with Gasteiger partial charge in [-0.1, -0.05) is 0 Å². The zero-order valence-corrected chi connectivity index (χ0v) is 11.3. The number of rotatable bonds is 7. The van der Waals surface area contributed by atoms with Crippen molar-refractivity contribution in [3.05, 3.63) is 11.9 Å². The predicted molar refractivity (Wildman–Crippen MR) is 72.0 cm³/mol. The molecular weight excluding hydrogens is 250 g/mol. The minimum atomic E-state index is -0.697. The second kappa shape index (κ2) is 6.36. The summed E-state index contributed by atoms with van der Waals surface area (Å²) in [6.45, 7) is 2.64. The highest BCUT2D eigenvalue weighted by molar-refractivity contribution is 7.99. The highest BCUT2D eigenvalue weighted by Gasteiger charge is 2.27. The van der Waals surface area contributed by atoms with Crippen LogP contribution in [-0.2, 0) is 0 Å². The second-order valence-corrected chi connectivity index (χ2v) is 5.44. The van der Waals surface area contributed by atoms with E-state index in [2.05, 4.69) is 15.3 Å². The first-order chi connectivity index (χ1) is 8.72. The van der Waals surface area contributed by atoms with Crippen molar-refractivity contribution in [2.75, 3.05) is 24.2 Å². The molecule has 3 N–H and O–H groups in total. The van der Waals surface area contributed by atoms with Crippen LogP contribution in [0.15, 0.2) is 11.1 Å². The number of thioether (sulfide) groups is 1. The average molecular weight is 269 g/mol. The van der Waals surface area contributed by atoms with Crippen molar-refractivity contribution in [1.82, 2.24) is 9.97 Å². The normalized spacial score (nSPS) is 16.6. The monoisotopic (exact) mass is 269 g/mol. The third-order valence-corrected chi connectivity index (χ3v) is 3.71. The van der Waals surface area contributed by atoms with Crippen molar-refractivity contribution >= 4 is 17.6 Å². The summed E-state index contributed by atoms with van der Waals surface area (Å²) >= 11 is 1.45. The van der Waals surface area contributed by atoms with Crippen LogP contribution in [0.4, 0.5) is 5.82 Å². The van der Waals surface area contributed by atoms with Crippen molar-refractivity contribution in [3.63, 3.8) is 0 Å². The van der Waals surface area contributed by atoms with Crippen LogP contribution >= 0.6 is 11.8 Å². The third kappa shape index (κ3) is 3.83. The first-order valence-corrected chi connectivity index (χ1v) is 7.26. The van der Waals surface area contributed by atoms with Crippen molar-refractivity contribution in [2.24, 2.45) is 0 Å². The van der Waals surface area contributed by atoms with Gasteiger partial charge in [0.2, 0.25) is 0 Å². The van der Waals surface area contributed by atoms with Crippen LogP contribution in [0.3, 0.4) is 0 Å². The van der Waals surface area contributed by atoms with Gasteiger partial charge in [0.1, 0.15) is 16.7 Å². The maximum Gasteiger partial charge on any atom is 0.135 e. The van der Waals surface area contributed by atoms with Gasteiger partial charge in [-0.3, -0.25) is 0 Å². The standard InChI is InChI=1S/C12H19N3O2S/c1-2-13-10-5-11(18-7-9(17)6-16)15-12(14-10)8-3-4-8/h5,8-9,16-17H,2-4,6-7H2,1H3,(H,13,14,15). The third-order valence-electron chi connectivity index (χ3n) is 2.65. The number of nitrogens with zero attached hydrogens (tertiary/aromatic N) is 2. The summed E-state index contributed by atoms with van der Waals surface area (Å²) in [4.78, 5) is 8.99. The van der Waals surface area contributed by atoms with E-state index < -0.39 is 6.10 Å². The summed E-state index contributed by atoms with van der Waals surface area (Å²) < 4.78 is 0. The van der Waals surface area contributed by atoms with E-state index in [-0.39, 0.29) is 6.61 Å². The first-order valence-electron chi connectivity index (χ1n) is 6.27. The highest BCUT2D eigenvalue weighted by Crippen LogP contribution is 2.39. The van der Waals surface area contributed by atoms with E-state index in [4.69, 9.17) is 5.11 Å². The van der Waals surface area contributed by atoms with Gasteiger partial charge in [-0.2, -0.15) is 0 Å². The molecule has 1 atom stereocenters. The summed E-state index contributed by atoms with van der Waals surface area (Å²) in [7, 11) is 0. The van der Waals surface area contributed by atoms with Crippen molar-refractivity contribution in [3.8, 4) is 0 Å². The quantitative estimate of drug-likeness (QED) is 0.510. The molecule has 1 aliphatic carbocycles. The zero-order chi connectivity index (χ0) is 13.0. The van der Waals surface area contributed by atoms with Crippen LogP contribution in [0.2, 0.25) is 0 Å². The second-order valence-electron chi connectivity index (χ2n) is 4.40. The lowest BCUT2D eigenvalue weighted by atomic mass is 10.4.